The summed E-state index contributed by atoms with van der Waals surface area (Å²) in [7, 11) is -9.29. The summed E-state index contributed by atoms with van der Waals surface area (Å²) in [5, 5.41) is 11.7. The van der Waals surface area contributed by atoms with Crippen molar-refractivity contribution in [2.75, 3.05) is 24.2 Å². The van der Waals surface area contributed by atoms with E-state index in [1.807, 2.05) is 0 Å². The van der Waals surface area contributed by atoms with Gasteiger partial charge in [0.1, 0.15) is 9.79 Å². The number of aryl methyl sites for hydroxylation is 1. The highest BCUT2D eigenvalue weighted by atomic mass is 32.2. The summed E-state index contributed by atoms with van der Waals surface area (Å²) in [5.41, 5.74) is 7.72. The molecule has 38 heavy (non-hydrogen) atoms. The minimum absolute atomic E-state index is 0.0159. The van der Waals surface area contributed by atoms with Gasteiger partial charge in [-0.05, 0) is 43.2 Å². The van der Waals surface area contributed by atoms with Crippen molar-refractivity contribution in [3.8, 4) is 0 Å². The van der Waals surface area contributed by atoms with Crippen molar-refractivity contribution >= 4 is 48.9 Å². The third-order valence-electron chi connectivity index (χ3n) is 6.03. The molecule has 4 rings (SSSR count). The minimum Gasteiger partial charge on any atom is -0.397 e. The first kappa shape index (κ1) is 27.4. The van der Waals surface area contributed by atoms with E-state index in [1.165, 1.54) is 30.3 Å². The van der Waals surface area contributed by atoms with E-state index in [0.29, 0.717) is 11.1 Å². The molecule has 0 radical (unpaired) electrons. The summed E-state index contributed by atoms with van der Waals surface area (Å²) in [4.78, 5) is 25.7. The van der Waals surface area contributed by atoms with E-state index in [0.717, 1.165) is 6.07 Å². The molecule has 0 aliphatic heterocycles. The average molecular weight is 562 g/mol. The van der Waals surface area contributed by atoms with Crippen molar-refractivity contribution in [1.29, 1.82) is 0 Å². The lowest BCUT2D eigenvalue weighted by Gasteiger charge is -2.24. The maximum atomic E-state index is 13.5. The Morgan fingerprint density at radius 2 is 1.53 bits per heavy atom. The molecule has 3 aromatic carbocycles. The van der Waals surface area contributed by atoms with Gasteiger partial charge >= 0.3 is 10.1 Å². The Labute approximate surface area is 218 Å². The van der Waals surface area contributed by atoms with Crippen molar-refractivity contribution in [1.82, 2.24) is 5.48 Å². The van der Waals surface area contributed by atoms with E-state index in [9.17, 15) is 31.0 Å². The van der Waals surface area contributed by atoms with Gasteiger partial charge in [-0.3, -0.25) is 14.1 Å². The molecule has 0 spiro atoms. The Bertz CT molecular complexity index is 1720. The molecule has 1 aliphatic rings. The second-order valence-electron chi connectivity index (χ2n) is 8.46. The van der Waals surface area contributed by atoms with E-state index in [2.05, 4.69) is 10.8 Å². The summed E-state index contributed by atoms with van der Waals surface area (Å²) < 4.78 is 64.3. The third-order valence-corrected chi connectivity index (χ3v) is 8.22. The molecule has 12 nitrogen and oxygen atoms in total. The fourth-order valence-electron chi connectivity index (χ4n) is 4.13. The minimum atomic E-state index is -4.93. The molecular formula is C24H23N3O9S2. The van der Waals surface area contributed by atoms with Crippen LogP contribution < -0.4 is 16.5 Å². The molecule has 0 saturated heterocycles. The number of carbonyl (C=O) groups is 2. The first-order valence-electron chi connectivity index (χ1n) is 11.1. The molecule has 6 N–H and O–H groups in total. The number of rotatable bonds is 8. The van der Waals surface area contributed by atoms with Crippen LogP contribution in [0.4, 0.5) is 17.1 Å². The van der Waals surface area contributed by atoms with Crippen LogP contribution in [-0.4, -0.2) is 51.2 Å². The van der Waals surface area contributed by atoms with Gasteiger partial charge < -0.3 is 16.2 Å². The highest BCUT2D eigenvalue weighted by Gasteiger charge is 2.36. The van der Waals surface area contributed by atoms with Gasteiger partial charge in [-0.15, -0.1) is 0 Å². The SMILES string of the molecule is Cc1cc(Nc2cc(S(=O)(=O)O)c(N)c3c2C(=O)c2ccccc2C3=O)cc(S(=O)(=O)ONCCO)c1C. The van der Waals surface area contributed by atoms with Crippen LogP contribution in [0.3, 0.4) is 0 Å². The smallest absolute Gasteiger partial charge is 0.313 e. The Hall–Kier alpha value is -3.66. The van der Waals surface area contributed by atoms with E-state index in [1.54, 1.807) is 19.9 Å². The number of fused-ring (bicyclic) bond motifs is 2. The van der Waals surface area contributed by atoms with E-state index < -0.39 is 47.9 Å². The molecule has 1 aliphatic carbocycles. The second kappa shape index (κ2) is 9.90. The number of hydroxylamine groups is 1. The molecule has 0 fully saturated rings. The summed E-state index contributed by atoms with van der Waals surface area (Å²) in [6.07, 6.45) is 0. The number of aliphatic hydroxyl groups excluding tert-OH is 1. The molecule has 0 aromatic heterocycles. The number of carbonyl (C=O) groups excluding carboxylic acids is 2. The standard InChI is InChI=1S/C24H23N3O9S2/c1-12-9-14(10-18(13(12)2)38(34,35)36-26-7-8-28)27-17-11-19(37(31,32)33)22(25)21-20(17)23(29)15-5-3-4-6-16(15)24(21)30/h3-6,9-11,26-28H,7-8,25H2,1-2H3,(H,31,32,33). The predicted molar refractivity (Wildman–Crippen MR) is 137 cm³/mol. The molecule has 200 valence electrons. The molecule has 0 unspecified atom stereocenters. The molecule has 0 bridgehead atoms. The van der Waals surface area contributed by atoms with Gasteiger partial charge in [0.25, 0.3) is 10.1 Å². The number of anilines is 3. The van der Waals surface area contributed by atoms with Crippen molar-refractivity contribution in [2.45, 2.75) is 23.6 Å². The molecule has 0 amide bonds. The topological polar surface area (TPSA) is 202 Å². The maximum absolute atomic E-state index is 13.5. The maximum Gasteiger partial charge on any atom is 0.313 e. The summed E-state index contributed by atoms with van der Waals surface area (Å²) >= 11 is 0. The lowest BCUT2D eigenvalue weighted by molar-refractivity contribution is 0.0980. The molecular weight excluding hydrogens is 538 g/mol. The third kappa shape index (κ3) is 4.80. The van der Waals surface area contributed by atoms with Crippen LogP contribution >= 0.6 is 0 Å². The van der Waals surface area contributed by atoms with Crippen molar-refractivity contribution in [3.63, 3.8) is 0 Å². The van der Waals surface area contributed by atoms with Gasteiger partial charge in [0.2, 0.25) is 0 Å². The number of hydrogen-bond acceptors (Lipinski definition) is 11. The summed E-state index contributed by atoms with van der Waals surface area (Å²) in [6.45, 7) is 2.64. The van der Waals surface area contributed by atoms with E-state index in [4.69, 9.17) is 15.1 Å². The quantitative estimate of drug-likeness (QED) is 0.0905. The highest BCUT2D eigenvalue weighted by molar-refractivity contribution is 7.86. The first-order chi connectivity index (χ1) is 17.8. The van der Waals surface area contributed by atoms with E-state index in [-0.39, 0.29) is 46.1 Å². The Kier molecular flexibility index (Phi) is 7.13. The number of aliphatic hydroxyl groups is 1. The Morgan fingerprint density at radius 3 is 2.11 bits per heavy atom. The van der Waals surface area contributed by atoms with Crippen LogP contribution in [0.25, 0.3) is 0 Å². The number of ketones is 2. The first-order valence-corrected chi connectivity index (χ1v) is 13.9. The van der Waals surface area contributed by atoms with Crippen LogP contribution in [0.5, 0.6) is 0 Å². The van der Waals surface area contributed by atoms with Crippen LogP contribution in [0.2, 0.25) is 0 Å². The van der Waals surface area contributed by atoms with Gasteiger partial charge in [-0.1, -0.05) is 24.3 Å². The van der Waals surface area contributed by atoms with E-state index >= 15 is 0 Å². The lowest BCUT2D eigenvalue weighted by atomic mass is 9.82. The van der Waals surface area contributed by atoms with Crippen molar-refractivity contribution < 1.29 is 40.4 Å². The second-order valence-corrected chi connectivity index (χ2v) is 11.4. The monoisotopic (exact) mass is 561 g/mol. The lowest BCUT2D eigenvalue weighted by Crippen LogP contribution is -2.25. The Balaban J connectivity index is 1.92. The van der Waals surface area contributed by atoms with Crippen molar-refractivity contribution in [3.05, 3.63) is 75.8 Å². The zero-order chi connectivity index (χ0) is 28.0. The number of benzene rings is 3. The van der Waals surface area contributed by atoms with Gasteiger partial charge in [-0.2, -0.15) is 26.6 Å². The van der Waals surface area contributed by atoms with Crippen LogP contribution in [0, 0.1) is 13.8 Å². The fourth-order valence-corrected chi connectivity index (χ4v) is 5.91. The summed E-state index contributed by atoms with van der Waals surface area (Å²) in [6, 6.07) is 9.56. The van der Waals surface area contributed by atoms with Crippen LogP contribution in [-0.2, 0) is 24.5 Å². The Morgan fingerprint density at radius 1 is 0.921 bits per heavy atom. The van der Waals surface area contributed by atoms with Crippen LogP contribution in [0.1, 0.15) is 43.0 Å². The van der Waals surface area contributed by atoms with Gasteiger partial charge in [-0.25, -0.2) is 0 Å². The zero-order valence-corrected chi connectivity index (χ0v) is 21.7. The summed E-state index contributed by atoms with van der Waals surface area (Å²) in [5.74, 6) is -1.34. The molecule has 0 atom stereocenters. The average Bonchev–Trinajstić information content (AvgIpc) is 2.84. The molecule has 14 heteroatoms. The van der Waals surface area contributed by atoms with Crippen molar-refractivity contribution in [2.24, 2.45) is 0 Å². The molecule has 3 aromatic rings. The number of hydrogen-bond donors (Lipinski definition) is 5. The number of nitrogen functional groups attached to an aromatic ring is 1. The fraction of sp³-hybridized carbons (Fsp3) is 0.167. The molecule has 0 heterocycles. The van der Waals surface area contributed by atoms with Gasteiger partial charge in [0, 0.05) is 23.4 Å². The zero-order valence-electron chi connectivity index (χ0n) is 20.1. The largest absolute Gasteiger partial charge is 0.397 e. The normalized spacial score (nSPS) is 13.3. The number of nitrogens with one attached hydrogen (secondary N) is 2. The van der Waals surface area contributed by atoms with Gasteiger partial charge in [0.05, 0.1) is 29.1 Å². The molecule has 0 saturated carbocycles. The predicted octanol–water partition coefficient (Wildman–Crippen LogP) is 1.85. The van der Waals surface area contributed by atoms with Crippen LogP contribution in [0.15, 0.2) is 52.3 Å². The number of nitrogens with two attached hydrogens (primary N) is 1. The van der Waals surface area contributed by atoms with Gasteiger partial charge in [0.15, 0.2) is 11.6 Å². The highest BCUT2D eigenvalue weighted by Crippen LogP contribution is 2.40.